The second-order valence-corrected chi connectivity index (χ2v) is 6.00. The maximum absolute atomic E-state index is 11.8. The summed E-state index contributed by atoms with van der Waals surface area (Å²) in [5.74, 6) is 0.992. The Morgan fingerprint density at radius 2 is 2.26 bits per heavy atom. The minimum Gasteiger partial charge on any atom is -0.356 e. The molecule has 0 bridgehead atoms. The molecule has 1 aliphatic rings. The molecule has 1 aliphatic carbocycles. The van der Waals surface area contributed by atoms with Gasteiger partial charge in [0.25, 0.3) is 0 Å². The molecule has 0 radical (unpaired) electrons. The normalized spacial score (nSPS) is 16.4. The molecule has 106 valence electrons. The van der Waals surface area contributed by atoms with Crippen molar-refractivity contribution in [1.82, 2.24) is 15.1 Å². The fourth-order valence-electron chi connectivity index (χ4n) is 2.33. The predicted molar refractivity (Wildman–Crippen MR) is 79.5 cm³/mol. The number of nitrogens with one attached hydrogen (secondary N) is 1. The average molecular weight is 281 g/mol. The van der Waals surface area contributed by atoms with E-state index in [0.29, 0.717) is 6.42 Å². The molecule has 1 heterocycles. The molecule has 0 aromatic carbocycles. The van der Waals surface area contributed by atoms with E-state index in [-0.39, 0.29) is 11.3 Å². The fourth-order valence-corrected chi connectivity index (χ4v) is 2.76. The van der Waals surface area contributed by atoms with E-state index in [9.17, 15) is 4.79 Å². The van der Waals surface area contributed by atoms with Gasteiger partial charge in [-0.05, 0) is 50.3 Å². The van der Waals surface area contributed by atoms with Crippen LogP contribution in [-0.2, 0) is 11.3 Å². The van der Waals surface area contributed by atoms with E-state index in [1.54, 1.807) is 0 Å². The van der Waals surface area contributed by atoms with Crippen LogP contribution in [0.5, 0.6) is 0 Å². The zero-order valence-electron chi connectivity index (χ0n) is 11.8. The van der Waals surface area contributed by atoms with Crippen LogP contribution in [0.4, 0.5) is 0 Å². The molecule has 0 spiro atoms. The van der Waals surface area contributed by atoms with E-state index < -0.39 is 0 Å². The molecule has 0 aliphatic heterocycles. The molecule has 0 saturated heterocycles. The van der Waals surface area contributed by atoms with Gasteiger partial charge in [0.2, 0.25) is 5.91 Å². The van der Waals surface area contributed by atoms with Gasteiger partial charge in [0.1, 0.15) is 0 Å². The van der Waals surface area contributed by atoms with Gasteiger partial charge >= 0.3 is 0 Å². The fraction of sp³-hybridized carbons (Fsp3) is 0.714. The predicted octanol–water partition coefficient (Wildman–Crippen LogP) is 2.11. The van der Waals surface area contributed by atoms with Crippen LogP contribution in [-0.4, -0.2) is 28.0 Å². The molecule has 2 rings (SSSR count). The minimum atomic E-state index is 0.167. The molecular formula is C14H23N3OS. The first-order chi connectivity index (χ1) is 9.04. The highest BCUT2D eigenvalue weighted by Crippen LogP contribution is 2.49. The zero-order chi connectivity index (χ0) is 13.9. The van der Waals surface area contributed by atoms with Crippen molar-refractivity contribution in [3.63, 3.8) is 0 Å². The third-order valence-electron chi connectivity index (χ3n) is 3.80. The van der Waals surface area contributed by atoms with Crippen LogP contribution >= 0.6 is 12.6 Å². The first-order valence-corrected chi connectivity index (χ1v) is 7.56. The summed E-state index contributed by atoms with van der Waals surface area (Å²) in [6.45, 7) is 5.64. The monoisotopic (exact) mass is 281 g/mol. The lowest BCUT2D eigenvalue weighted by Crippen LogP contribution is -2.28. The Balaban J connectivity index is 1.64. The van der Waals surface area contributed by atoms with Gasteiger partial charge in [-0.1, -0.05) is 0 Å². The van der Waals surface area contributed by atoms with Crippen molar-refractivity contribution in [2.24, 2.45) is 5.41 Å². The summed E-state index contributed by atoms with van der Waals surface area (Å²) < 4.78 is 2.00. The molecule has 0 unspecified atom stereocenters. The van der Waals surface area contributed by atoms with Crippen molar-refractivity contribution in [3.05, 3.63) is 17.5 Å². The molecule has 1 N–H and O–H groups in total. The van der Waals surface area contributed by atoms with E-state index in [2.05, 4.69) is 36.0 Å². The summed E-state index contributed by atoms with van der Waals surface area (Å²) in [4.78, 5) is 11.8. The van der Waals surface area contributed by atoms with Crippen molar-refractivity contribution in [2.45, 2.75) is 46.1 Å². The third kappa shape index (κ3) is 4.00. The van der Waals surface area contributed by atoms with Gasteiger partial charge in [-0.15, -0.1) is 0 Å². The average Bonchev–Trinajstić information content (AvgIpc) is 3.05. The van der Waals surface area contributed by atoms with E-state index in [0.717, 1.165) is 43.8 Å². The van der Waals surface area contributed by atoms with Gasteiger partial charge < -0.3 is 5.32 Å². The van der Waals surface area contributed by atoms with Crippen LogP contribution in [0.3, 0.4) is 0 Å². The van der Waals surface area contributed by atoms with Crippen LogP contribution in [0.1, 0.15) is 37.1 Å². The van der Waals surface area contributed by atoms with Crippen LogP contribution in [0, 0.1) is 19.3 Å². The van der Waals surface area contributed by atoms with E-state index >= 15 is 0 Å². The van der Waals surface area contributed by atoms with Gasteiger partial charge in [0.15, 0.2) is 0 Å². The molecule has 5 heteroatoms. The summed E-state index contributed by atoms with van der Waals surface area (Å²) >= 11 is 4.32. The number of hydrogen-bond donors (Lipinski definition) is 2. The van der Waals surface area contributed by atoms with Crippen molar-refractivity contribution in [1.29, 1.82) is 0 Å². The van der Waals surface area contributed by atoms with Gasteiger partial charge in [-0.25, -0.2) is 0 Å². The number of nitrogens with zero attached hydrogens (tertiary/aromatic N) is 2. The summed E-state index contributed by atoms with van der Waals surface area (Å²) in [5, 5.41) is 7.40. The number of thiol groups is 1. The topological polar surface area (TPSA) is 46.9 Å². The molecule has 1 fully saturated rings. The lowest BCUT2D eigenvalue weighted by molar-refractivity contribution is -0.122. The Kier molecular flexibility index (Phi) is 4.55. The molecular weight excluding hydrogens is 258 g/mol. The number of aromatic nitrogens is 2. The number of aryl methyl sites for hydroxylation is 3. The van der Waals surface area contributed by atoms with Gasteiger partial charge in [-0.3, -0.25) is 9.48 Å². The summed E-state index contributed by atoms with van der Waals surface area (Å²) in [6, 6.07) is 2.07. The summed E-state index contributed by atoms with van der Waals surface area (Å²) in [5.41, 5.74) is 2.44. The third-order valence-corrected chi connectivity index (χ3v) is 4.47. The first-order valence-electron chi connectivity index (χ1n) is 6.93. The highest BCUT2D eigenvalue weighted by atomic mass is 32.1. The number of amides is 1. The first kappa shape index (κ1) is 14.4. The summed E-state index contributed by atoms with van der Waals surface area (Å²) in [7, 11) is 0. The van der Waals surface area contributed by atoms with Crippen LogP contribution < -0.4 is 5.32 Å². The smallest absolute Gasteiger partial charge is 0.220 e. The highest BCUT2D eigenvalue weighted by molar-refractivity contribution is 7.80. The standard InChI is InChI=1S/C14H23N3OS/c1-11-8-12(2)17(16-11)7-3-6-15-13(18)9-14(10-19)4-5-14/h8,19H,3-7,9-10H2,1-2H3,(H,15,18). The molecule has 0 atom stereocenters. The van der Waals surface area contributed by atoms with Crippen LogP contribution in [0.15, 0.2) is 6.07 Å². The molecule has 4 nitrogen and oxygen atoms in total. The molecule has 1 aromatic rings. The second kappa shape index (κ2) is 5.99. The van der Waals surface area contributed by atoms with Gasteiger partial charge in [0.05, 0.1) is 5.69 Å². The van der Waals surface area contributed by atoms with Crippen molar-refractivity contribution in [2.75, 3.05) is 12.3 Å². The Morgan fingerprint density at radius 1 is 1.53 bits per heavy atom. The molecule has 1 saturated carbocycles. The van der Waals surface area contributed by atoms with Gasteiger partial charge in [0, 0.05) is 25.2 Å². The maximum atomic E-state index is 11.8. The van der Waals surface area contributed by atoms with Crippen molar-refractivity contribution < 1.29 is 4.79 Å². The lowest BCUT2D eigenvalue weighted by atomic mass is 10.1. The molecule has 1 aromatic heterocycles. The Labute approximate surface area is 120 Å². The minimum absolute atomic E-state index is 0.167. The van der Waals surface area contributed by atoms with Crippen molar-refractivity contribution in [3.8, 4) is 0 Å². The maximum Gasteiger partial charge on any atom is 0.220 e. The molecule has 1 amide bonds. The Hall–Kier alpha value is -0.970. The zero-order valence-corrected chi connectivity index (χ0v) is 12.7. The number of hydrogen-bond acceptors (Lipinski definition) is 3. The number of rotatable bonds is 7. The summed E-state index contributed by atoms with van der Waals surface area (Å²) in [6.07, 6.45) is 3.85. The molecule has 19 heavy (non-hydrogen) atoms. The van der Waals surface area contributed by atoms with Crippen molar-refractivity contribution >= 4 is 18.5 Å². The number of carbonyl (C=O) groups is 1. The highest BCUT2D eigenvalue weighted by Gasteiger charge is 2.42. The van der Waals surface area contributed by atoms with E-state index in [1.807, 2.05) is 11.6 Å². The Morgan fingerprint density at radius 3 is 2.79 bits per heavy atom. The SMILES string of the molecule is Cc1cc(C)n(CCCNC(=O)CC2(CS)CC2)n1. The van der Waals surface area contributed by atoms with E-state index in [1.165, 1.54) is 5.69 Å². The van der Waals surface area contributed by atoms with Gasteiger partial charge in [-0.2, -0.15) is 17.7 Å². The quantitative estimate of drug-likeness (QED) is 0.594. The second-order valence-electron chi connectivity index (χ2n) is 5.69. The Bertz CT molecular complexity index is 452. The largest absolute Gasteiger partial charge is 0.356 e. The van der Waals surface area contributed by atoms with Crippen LogP contribution in [0.25, 0.3) is 0 Å². The van der Waals surface area contributed by atoms with E-state index in [4.69, 9.17) is 0 Å². The lowest BCUT2D eigenvalue weighted by Gasteiger charge is -2.11. The number of carbonyl (C=O) groups excluding carboxylic acids is 1. The van der Waals surface area contributed by atoms with Crippen LogP contribution in [0.2, 0.25) is 0 Å².